The first kappa shape index (κ1) is 15.0. The van der Waals surface area contributed by atoms with E-state index in [2.05, 4.69) is 14.9 Å². The van der Waals surface area contributed by atoms with Crippen molar-refractivity contribution in [3.05, 3.63) is 35.5 Å². The van der Waals surface area contributed by atoms with E-state index in [9.17, 15) is 8.42 Å². The van der Waals surface area contributed by atoms with Crippen molar-refractivity contribution in [1.29, 1.82) is 0 Å². The van der Waals surface area contributed by atoms with Crippen molar-refractivity contribution in [3.8, 4) is 0 Å². The summed E-state index contributed by atoms with van der Waals surface area (Å²) in [5, 5.41) is 1.84. The summed E-state index contributed by atoms with van der Waals surface area (Å²) in [5.74, 6) is 1.45. The molecule has 0 amide bonds. The molecule has 0 N–H and O–H groups in total. The monoisotopic (exact) mass is 350 g/mol. The van der Waals surface area contributed by atoms with Crippen molar-refractivity contribution in [3.63, 3.8) is 0 Å². The van der Waals surface area contributed by atoms with Crippen LogP contribution in [-0.4, -0.2) is 48.9 Å². The molecule has 2 fully saturated rings. The number of rotatable bonds is 3. The molecule has 4 heterocycles. The van der Waals surface area contributed by atoms with Gasteiger partial charge in [0.05, 0.1) is 0 Å². The van der Waals surface area contributed by atoms with E-state index in [1.807, 2.05) is 18.4 Å². The Bertz CT molecular complexity index is 792. The zero-order chi connectivity index (χ0) is 16.0. The summed E-state index contributed by atoms with van der Waals surface area (Å²) in [6.07, 6.45) is 3.49. The molecule has 2 atom stereocenters. The van der Waals surface area contributed by atoms with Crippen molar-refractivity contribution in [2.24, 2.45) is 11.8 Å². The SMILES string of the molecule is Cc1ccsc1S(=O)(=O)N1CC2CN(c3ncccn3)CC2C1. The van der Waals surface area contributed by atoms with Gasteiger partial charge in [-0.3, -0.25) is 0 Å². The standard InChI is InChI=1S/C15H18N4O2S2/c1-11-3-6-22-14(11)23(20,21)19-9-12-7-18(8-13(12)10-19)15-16-4-2-5-17-15/h2-6,12-13H,7-10H2,1H3. The molecule has 2 aromatic heterocycles. The molecule has 8 heteroatoms. The highest BCUT2D eigenvalue weighted by Gasteiger charge is 2.45. The lowest BCUT2D eigenvalue weighted by molar-refractivity contribution is 0.454. The van der Waals surface area contributed by atoms with Crippen molar-refractivity contribution >= 4 is 27.3 Å². The van der Waals surface area contributed by atoms with Gasteiger partial charge < -0.3 is 4.90 Å². The van der Waals surface area contributed by atoms with Crippen molar-refractivity contribution < 1.29 is 8.42 Å². The van der Waals surface area contributed by atoms with Crippen LogP contribution in [0.25, 0.3) is 0 Å². The third-order valence-electron chi connectivity index (χ3n) is 4.68. The Balaban J connectivity index is 1.50. The van der Waals surface area contributed by atoms with Gasteiger partial charge in [-0.1, -0.05) is 0 Å². The smallest absolute Gasteiger partial charge is 0.252 e. The fraction of sp³-hybridized carbons (Fsp3) is 0.467. The lowest BCUT2D eigenvalue weighted by Gasteiger charge is -2.21. The first-order chi connectivity index (χ1) is 11.1. The molecule has 2 aliphatic rings. The number of sulfonamides is 1. The largest absolute Gasteiger partial charge is 0.340 e. The predicted molar refractivity (Wildman–Crippen MR) is 89.0 cm³/mol. The van der Waals surface area contributed by atoms with E-state index in [0.717, 1.165) is 24.6 Å². The molecular formula is C15H18N4O2S2. The molecule has 0 aromatic carbocycles. The maximum atomic E-state index is 12.8. The molecule has 0 saturated carbocycles. The molecule has 6 nitrogen and oxygen atoms in total. The summed E-state index contributed by atoms with van der Waals surface area (Å²) in [4.78, 5) is 10.7. The minimum atomic E-state index is -3.35. The van der Waals surface area contributed by atoms with Gasteiger partial charge >= 0.3 is 0 Å². The lowest BCUT2D eigenvalue weighted by atomic mass is 10.0. The van der Waals surface area contributed by atoms with Crippen LogP contribution in [0.5, 0.6) is 0 Å². The second-order valence-corrected chi connectivity index (χ2v) is 9.24. The predicted octanol–water partition coefficient (Wildman–Crippen LogP) is 1.60. The molecule has 0 spiro atoms. The van der Waals surface area contributed by atoms with Crippen molar-refractivity contribution in [2.45, 2.75) is 11.1 Å². The summed E-state index contributed by atoms with van der Waals surface area (Å²) in [7, 11) is -3.35. The van der Waals surface area contributed by atoms with Gasteiger partial charge in [-0.15, -0.1) is 11.3 Å². The van der Waals surface area contributed by atoms with Gasteiger partial charge in [-0.05, 0) is 41.8 Å². The van der Waals surface area contributed by atoms with Crippen LogP contribution in [0.1, 0.15) is 5.56 Å². The number of thiophene rings is 1. The van der Waals surface area contributed by atoms with E-state index in [0.29, 0.717) is 29.1 Å². The minimum Gasteiger partial charge on any atom is -0.340 e. The Hall–Kier alpha value is -1.51. The Morgan fingerprint density at radius 2 is 1.78 bits per heavy atom. The number of anilines is 1. The second-order valence-electron chi connectivity index (χ2n) is 6.19. The van der Waals surface area contributed by atoms with E-state index in [1.54, 1.807) is 22.8 Å². The zero-order valence-corrected chi connectivity index (χ0v) is 14.4. The molecule has 2 aromatic rings. The van der Waals surface area contributed by atoms with Crippen LogP contribution in [0, 0.1) is 18.8 Å². The quantitative estimate of drug-likeness (QED) is 0.841. The number of aryl methyl sites for hydroxylation is 1. The number of hydrogen-bond acceptors (Lipinski definition) is 6. The Morgan fingerprint density at radius 3 is 2.35 bits per heavy atom. The van der Waals surface area contributed by atoms with E-state index < -0.39 is 10.0 Å². The highest BCUT2D eigenvalue weighted by atomic mass is 32.2. The van der Waals surface area contributed by atoms with Gasteiger partial charge in [0.15, 0.2) is 0 Å². The number of hydrogen-bond donors (Lipinski definition) is 0. The molecule has 2 unspecified atom stereocenters. The number of nitrogens with zero attached hydrogens (tertiary/aromatic N) is 4. The highest BCUT2D eigenvalue weighted by Crippen LogP contribution is 2.36. The Labute approximate surface area is 139 Å². The second kappa shape index (κ2) is 5.54. The van der Waals surface area contributed by atoms with Gasteiger partial charge in [0.2, 0.25) is 5.95 Å². The summed E-state index contributed by atoms with van der Waals surface area (Å²) in [6.45, 7) is 4.68. The summed E-state index contributed by atoms with van der Waals surface area (Å²) >= 11 is 1.31. The molecule has 0 radical (unpaired) electrons. The van der Waals surface area contributed by atoms with E-state index in [1.165, 1.54) is 11.3 Å². The first-order valence-corrected chi connectivity index (χ1v) is 9.94. The van der Waals surface area contributed by atoms with Gasteiger partial charge in [0.1, 0.15) is 4.21 Å². The summed E-state index contributed by atoms with van der Waals surface area (Å²) in [5.41, 5.74) is 0.839. The summed E-state index contributed by atoms with van der Waals surface area (Å²) in [6, 6.07) is 3.67. The average Bonchev–Trinajstić information content (AvgIpc) is 3.21. The normalized spacial score (nSPS) is 25.0. The molecule has 2 saturated heterocycles. The van der Waals surface area contributed by atoms with E-state index in [-0.39, 0.29) is 0 Å². The van der Waals surface area contributed by atoms with Crippen molar-refractivity contribution in [1.82, 2.24) is 14.3 Å². The van der Waals surface area contributed by atoms with Crippen LogP contribution in [0.15, 0.2) is 34.1 Å². The number of fused-ring (bicyclic) bond motifs is 1. The van der Waals surface area contributed by atoms with E-state index in [4.69, 9.17) is 0 Å². The lowest BCUT2D eigenvalue weighted by Crippen LogP contribution is -2.33. The topological polar surface area (TPSA) is 66.4 Å². The molecule has 23 heavy (non-hydrogen) atoms. The minimum absolute atomic E-state index is 0.355. The molecule has 122 valence electrons. The Kier molecular flexibility index (Phi) is 3.62. The van der Waals surface area contributed by atoms with Gasteiger partial charge in [-0.2, -0.15) is 4.31 Å². The molecular weight excluding hydrogens is 332 g/mol. The molecule has 0 bridgehead atoms. The van der Waals surface area contributed by atoms with E-state index >= 15 is 0 Å². The summed E-state index contributed by atoms with van der Waals surface area (Å²) < 4.78 is 27.7. The van der Waals surface area contributed by atoms with Crippen LogP contribution in [0.2, 0.25) is 0 Å². The fourth-order valence-electron chi connectivity index (χ4n) is 3.50. The van der Waals surface area contributed by atoms with Crippen LogP contribution in [0.4, 0.5) is 5.95 Å². The van der Waals surface area contributed by atoms with Gasteiger partial charge in [0, 0.05) is 38.6 Å². The fourth-order valence-corrected chi connectivity index (χ4v) is 6.61. The maximum Gasteiger partial charge on any atom is 0.252 e. The van der Waals surface area contributed by atoms with Gasteiger partial charge in [0.25, 0.3) is 10.0 Å². The molecule has 4 rings (SSSR count). The van der Waals surface area contributed by atoms with Gasteiger partial charge in [-0.25, -0.2) is 18.4 Å². The average molecular weight is 350 g/mol. The van der Waals surface area contributed by atoms with Crippen LogP contribution in [-0.2, 0) is 10.0 Å². The first-order valence-electron chi connectivity index (χ1n) is 7.62. The van der Waals surface area contributed by atoms with Crippen molar-refractivity contribution in [2.75, 3.05) is 31.1 Å². The molecule has 2 aliphatic heterocycles. The maximum absolute atomic E-state index is 12.8. The Morgan fingerprint density at radius 1 is 1.13 bits per heavy atom. The third-order valence-corrected chi connectivity index (χ3v) is 8.17. The highest BCUT2D eigenvalue weighted by molar-refractivity contribution is 7.91. The third kappa shape index (κ3) is 2.54. The number of aromatic nitrogens is 2. The van der Waals surface area contributed by atoms with Crippen LogP contribution in [0.3, 0.4) is 0 Å². The van der Waals surface area contributed by atoms with Crippen LogP contribution >= 0.6 is 11.3 Å². The van der Waals surface area contributed by atoms with Crippen LogP contribution < -0.4 is 4.90 Å². The molecule has 0 aliphatic carbocycles. The zero-order valence-electron chi connectivity index (χ0n) is 12.8.